The molecule has 0 saturated heterocycles. The predicted molar refractivity (Wildman–Crippen MR) is 93.9 cm³/mol. The summed E-state index contributed by atoms with van der Waals surface area (Å²) in [6.07, 6.45) is 7.29. The summed E-state index contributed by atoms with van der Waals surface area (Å²) in [7, 11) is -6.76. The van der Waals surface area contributed by atoms with Gasteiger partial charge in [-0.1, -0.05) is 0 Å². The lowest BCUT2D eigenvalue weighted by molar-refractivity contribution is -0.696. The molecule has 0 bridgehead atoms. The Morgan fingerprint density at radius 3 is 2.20 bits per heavy atom. The number of nitrogens with zero attached hydrogens (tertiary/aromatic N) is 2. The number of imidazole rings is 1. The van der Waals surface area contributed by atoms with Crippen LogP contribution in [0.15, 0.2) is 18.7 Å². The normalized spacial score (nSPS) is 12.6. The maximum absolute atomic E-state index is 10.7. The monoisotopic (exact) mass is 394 g/mol. The standard InChI is InChI=1S/C15H30N2O6SSi/c1-4-21-25(22-5-2,23-6-3)14-8-7-9-16-10-11-17(15-16)12-13-24(18,19)20/h10-11,15H,4-9,12-14H2,1-3H3. The lowest BCUT2D eigenvalue weighted by atomic mass is 10.3. The fourth-order valence-corrected chi connectivity index (χ4v) is 5.68. The Kier molecular flexibility index (Phi) is 9.83. The molecule has 1 rings (SSSR count). The molecular formula is C15H30N2O6SSi. The van der Waals surface area contributed by atoms with Crippen molar-refractivity contribution in [2.24, 2.45) is 0 Å². The highest BCUT2D eigenvalue weighted by Gasteiger charge is 2.39. The van der Waals surface area contributed by atoms with Crippen LogP contribution in [-0.4, -0.2) is 51.9 Å². The molecular weight excluding hydrogens is 364 g/mol. The van der Waals surface area contributed by atoms with Crippen LogP contribution in [0.5, 0.6) is 0 Å². The third kappa shape index (κ3) is 8.93. The quantitative estimate of drug-likeness (QED) is 0.203. The van der Waals surface area contributed by atoms with Gasteiger partial charge in [-0.15, -0.1) is 0 Å². The van der Waals surface area contributed by atoms with Gasteiger partial charge >= 0.3 is 8.80 Å². The van der Waals surface area contributed by atoms with Gasteiger partial charge < -0.3 is 17.8 Å². The van der Waals surface area contributed by atoms with Crippen LogP contribution in [-0.2, 0) is 36.5 Å². The molecule has 1 heterocycles. The molecule has 1 aromatic heterocycles. The molecule has 0 amide bonds. The van der Waals surface area contributed by atoms with Crippen molar-refractivity contribution in [3.63, 3.8) is 0 Å². The second kappa shape index (κ2) is 11.0. The average Bonchev–Trinajstić information content (AvgIpc) is 2.98. The van der Waals surface area contributed by atoms with Crippen LogP contribution in [0.4, 0.5) is 0 Å². The largest absolute Gasteiger partial charge is 0.748 e. The van der Waals surface area contributed by atoms with Crippen molar-refractivity contribution in [2.45, 2.75) is 52.7 Å². The molecule has 0 aromatic carbocycles. The Balaban J connectivity index is 2.44. The van der Waals surface area contributed by atoms with E-state index in [-0.39, 0.29) is 6.54 Å². The van der Waals surface area contributed by atoms with Crippen LogP contribution >= 0.6 is 0 Å². The first-order valence-corrected chi connectivity index (χ1v) is 12.2. The Labute approximate surface area is 151 Å². The molecule has 0 aliphatic heterocycles. The number of aryl methyl sites for hydroxylation is 2. The van der Waals surface area contributed by atoms with Crippen molar-refractivity contribution in [2.75, 3.05) is 25.6 Å². The number of aromatic nitrogens is 2. The molecule has 0 aliphatic rings. The second-order valence-corrected chi connectivity index (χ2v) is 9.85. The van der Waals surface area contributed by atoms with Gasteiger partial charge in [-0.2, -0.15) is 0 Å². The minimum atomic E-state index is -4.18. The van der Waals surface area contributed by atoms with E-state index in [1.54, 1.807) is 10.8 Å². The highest BCUT2D eigenvalue weighted by Crippen LogP contribution is 2.19. The van der Waals surface area contributed by atoms with Crippen molar-refractivity contribution in [3.8, 4) is 0 Å². The number of hydrogen-bond acceptors (Lipinski definition) is 6. The first kappa shape index (κ1) is 22.3. The van der Waals surface area contributed by atoms with E-state index in [1.165, 1.54) is 0 Å². The van der Waals surface area contributed by atoms with Gasteiger partial charge in [-0.3, -0.25) is 0 Å². The minimum Gasteiger partial charge on any atom is -0.748 e. The van der Waals surface area contributed by atoms with Crippen molar-refractivity contribution >= 4 is 18.9 Å². The van der Waals surface area contributed by atoms with E-state index in [9.17, 15) is 13.0 Å². The van der Waals surface area contributed by atoms with Crippen molar-refractivity contribution in [3.05, 3.63) is 18.7 Å². The molecule has 0 fully saturated rings. The summed E-state index contributed by atoms with van der Waals surface area (Å²) in [5, 5.41) is 0. The highest BCUT2D eigenvalue weighted by atomic mass is 32.2. The molecule has 146 valence electrons. The summed E-state index contributed by atoms with van der Waals surface area (Å²) in [4.78, 5) is 0. The topological polar surface area (TPSA) is 93.7 Å². The first-order valence-electron chi connectivity index (χ1n) is 8.74. The van der Waals surface area contributed by atoms with Gasteiger partial charge in [-0.25, -0.2) is 17.6 Å². The molecule has 0 radical (unpaired) electrons. The summed E-state index contributed by atoms with van der Waals surface area (Å²) < 4.78 is 53.2. The van der Waals surface area contributed by atoms with Gasteiger partial charge in [0.2, 0.25) is 6.33 Å². The molecule has 10 heteroatoms. The zero-order valence-electron chi connectivity index (χ0n) is 15.3. The summed E-state index contributed by atoms with van der Waals surface area (Å²) >= 11 is 0. The zero-order chi connectivity index (χ0) is 18.8. The van der Waals surface area contributed by atoms with E-state index < -0.39 is 24.7 Å². The van der Waals surface area contributed by atoms with Crippen LogP contribution in [0.2, 0.25) is 6.04 Å². The van der Waals surface area contributed by atoms with E-state index in [2.05, 4.69) is 0 Å². The van der Waals surface area contributed by atoms with E-state index in [1.807, 2.05) is 37.9 Å². The lowest BCUT2D eigenvalue weighted by Gasteiger charge is -2.28. The molecule has 0 N–H and O–H groups in total. The Hall–Kier alpha value is -0.783. The summed E-state index contributed by atoms with van der Waals surface area (Å²) in [5.74, 6) is -0.396. The van der Waals surface area contributed by atoms with Gasteiger partial charge in [0.1, 0.15) is 18.9 Å². The van der Waals surface area contributed by atoms with Crippen LogP contribution in [0.3, 0.4) is 0 Å². The molecule has 0 aliphatic carbocycles. The predicted octanol–water partition coefficient (Wildman–Crippen LogP) is 1.15. The zero-order valence-corrected chi connectivity index (χ0v) is 17.2. The van der Waals surface area contributed by atoms with Gasteiger partial charge in [0.25, 0.3) is 0 Å². The van der Waals surface area contributed by atoms with E-state index in [0.717, 1.165) is 25.4 Å². The lowest BCUT2D eigenvalue weighted by Crippen LogP contribution is -2.46. The second-order valence-electron chi connectivity index (χ2n) is 5.59. The summed E-state index contributed by atoms with van der Waals surface area (Å²) in [6.45, 7) is 8.53. The summed E-state index contributed by atoms with van der Waals surface area (Å²) in [5.41, 5.74) is 0. The van der Waals surface area contributed by atoms with Crippen LogP contribution in [0.25, 0.3) is 0 Å². The molecule has 0 saturated carbocycles. The number of hydrogen-bond donors (Lipinski definition) is 0. The molecule has 0 spiro atoms. The molecule has 25 heavy (non-hydrogen) atoms. The maximum atomic E-state index is 10.7. The van der Waals surface area contributed by atoms with Crippen molar-refractivity contribution in [1.29, 1.82) is 0 Å². The van der Waals surface area contributed by atoms with Gasteiger partial charge in [-0.05, 0) is 33.6 Å². The van der Waals surface area contributed by atoms with E-state index in [0.29, 0.717) is 19.8 Å². The van der Waals surface area contributed by atoms with Crippen LogP contribution < -0.4 is 4.57 Å². The van der Waals surface area contributed by atoms with Gasteiger partial charge in [0, 0.05) is 25.9 Å². The van der Waals surface area contributed by atoms with Crippen molar-refractivity contribution < 1.29 is 30.8 Å². The third-order valence-electron chi connectivity index (χ3n) is 3.59. The minimum absolute atomic E-state index is 0.174. The molecule has 1 aromatic rings. The smallest absolute Gasteiger partial charge is 0.500 e. The van der Waals surface area contributed by atoms with Crippen LogP contribution in [0, 0.1) is 0 Å². The van der Waals surface area contributed by atoms with Gasteiger partial charge in [0.05, 0.1) is 22.4 Å². The maximum Gasteiger partial charge on any atom is 0.500 e. The summed E-state index contributed by atoms with van der Waals surface area (Å²) in [6, 6.07) is 0.776. The SMILES string of the molecule is CCO[Si](CCCC[n+]1ccn(CCS(=O)(=O)[O-])c1)(OCC)OCC. The Morgan fingerprint density at radius 1 is 1.08 bits per heavy atom. The third-order valence-corrected chi connectivity index (χ3v) is 7.42. The van der Waals surface area contributed by atoms with Crippen LogP contribution in [0.1, 0.15) is 33.6 Å². The number of unbranched alkanes of at least 4 members (excludes halogenated alkanes) is 1. The fourth-order valence-electron chi connectivity index (χ4n) is 2.56. The van der Waals surface area contributed by atoms with E-state index in [4.69, 9.17) is 13.3 Å². The number of rotatable bonds is 14. The Morgan fingerprint density at radius 2 is 1.68 bits per heavy atom. The fraction of sp³-hybridized carbons (Fsp3) is 0.800. The van der Waals surface area contributed by atoms with Gasteiger partial charge in [0.15, 0.2) is 0 Å². The molecule has 0 unspecified atom stereocenters. The molecule has 0 atom stereocenters. The Bertz CT molecular complexity index is 576. The van der Waals surface area contributed by atoms with E-state index >= 15 is 0 Å². The van der Waals surface area contributed by atoms with Crippen molar-refractivity contribution in [1.82, 2.24) is 4.57 Å². The average molecular weight is 395 g/mol. The first-order chi connectivity index (χ1) is 11.8. The molecule has 8 nitrogen and oxygen atoms in total. The highest BCUT2D eigenvalue weighted by molar-refractivity contribution is 7.85.